The van der Waals surface area contributed by atoms with Gasteiger partial charge < -0.3 is 14.8 Å². The van der Waals surface area contributed by atoms with Crippen molar-refractivity contribution in [2.45, 2.75) is 32.1 Å². The molecule has 1 aromatic heterocycles. The summed E-state index contributed by atoms with van der Waals surface area (Å²) in [6.45, 7) is 4.85. The first-order valence-corrected chi connectivity index (χ1v) is 13.1. The zero-order chi connectivity index (χ0) is 24.8. The van der Waals surface area contributed by atoms with E-state index in [1.807, 2.05) is 67.8 Å². The SMILES string of the molecule is CCOc1ccc(C2=NN(Cc3ccc(NC(=O)c4cccs4)cc3)C(=O)SC2CC)cc1OC. The molecule has 2 aromatic carbocycles. The van der Waals surface area contributed by atoms with Gasteiger partial charge in [-0.1, -0.05) is 36.9 Å². The summed E-state index contributed by atoms with van der Waals surface area (Å²) in [5.74, 6) is 1.17. The second-order valence-corrected chi connectivity index (χ2v) is 9.85. The minimum atomic E-state index is -0.138. The van der Waals surface area contributed by atoms with Gasteiger partial charge in [0.15, 0.2) is 11.5 Å². The van der Waals surface area contributed by atoms with Crippen molar-refractivity contribution < 1.29 is 19.1 Å². The van der Waals surface area contributed by atoms with Crippen LogP contribution in [0.5, 0.6) is 11.5 Å². The summed E-state index contributed by atoms with van der Waals surface area (Å²) in [5.41, 5.74) is 3.34. The van der Waals surface area contributed by atoms with E-state index in [1.165, 1.54) is 28.1 Å². The second kappa shape index (κ2) is 11.4. The summed E-state index contributed by atoms with van der Waals surface area (Å²) < 4.78 is 11.1. The number of amides is 2. The number of nitrogens with one attached hydrogen (secondary N) is 1. The summed E-state index contributed by atoms with van der Waals surface area (Å²) in [6.07, 6.45) is 0.775. The highest BCUT2D eigenvalue weighted by Gasteiger charge is 2.30. The molecule has 0 aliphatic carbocycles. The van der Waals surface area contributed by atoms with Crippen molar-refractivity contribution >= 4 is 45.6 Å². The molecule has 0 saturated heterocycles. The van der Waals surface area contributed by atoms with Crippen molar-refractivity contribution in [1.29, 1.82) is 0 Å². The first-order valence-electron chi connectivity index (χ1n) is 11.3. The Balaban J connectivity index is 1.52. The van der Waals surface area contributed by atoms with Gasteiger partial charge in [0.05, 0.1) is 36.1 Å². The summed E-state index contributed by atoms with van der Waals surface area (Å²) >= 11 is 2.68. The number of thiophene rings is 1. The molecule has 1 aliphatic rings. The average Bonchev–Trinajstić information content (AvgIpc) is 3.42. The number of carbonyl (C=O) groups is 2. The molecule has 1 unspecified atom stereocenters. The van der Waals surface area contributed by atoms with E-state index in [2.05, 4.69) is 5.32 Å². The number of rotatable bonds is 9. The molecule has 7 nitrogen and oxygen atoms in total. The summed E-state index contributed by atoms with van der Waals surface area (Å²) in [6, 6.07) is 16.8. The van der Waals surface area contributed by atoms with Crippen LogP contribution in [-0.2, 0) is 6.54 Å². The molecule has 1 aliphatic heterocycles. The Bertz CT molecular complexity index is 1210. The van der Waals surface area contributed by atoms with E-state index in [-0.39, 0.29) is 16.4 Å². The molecule has 0 spiro atoms. The van der Waals surface area contributed by atoms with Crippen LogP contribution in [0.25, 0.3) is 0 Å². The van der Waals surface area contributed by atoms with Gasteiger partial charge in [0.1, 0.15) is 0 Å². The predicted molar refractivity (Wildman–Crippen MR) is 142 cm³/mol. The molecule has 1 atom stereocenters. The van der Waals surface area contributed by atoms with Crippen molar-refractivity contribution in [3.05, 3.63) is 76.0 Å². The lowest BCUT2D eigenvalue weighted by Gasteiger charge is -2.28. The average molecular weight is 510 g/mol. The predicted octanol–water partition coefficient (Wildman–Crippen LogP) is 6.26. The fraction of sp³-hybridized carbons (Fsp3) is 0.269. The van der Waals surface area contributed by atoms with Gasteiger partial charge in [0.2, 0.25) is 0 Å². The van der Waals surface area contributed by atoms with Crippen LogP contribution in [0.15, 0.2) is 65.1 Å². The molecule has 0 bridgehead atoms. The Morgan fingerprint density at radius 3 is 2.57 bits per heavy atom. The lowest BCUT2D eigenvalue weighted by Crippen LogP contribution is -2.34. The minimum Gasteiger partial charge on any atom is -0.493 e. The molecular weight excluding hydrogens is 482 g/mol. The quantitative estimate of drug-likeness (QED) is 0.368. The molecule has 9 heteroatoms. The third-order valence-electron chi connectivity index (χ3n) is 5.41. The molecule has 0 radical (unpaired) electrons. The molecular formula is C26H27N3O4S2. The van der Waals surface area contributed by atoms with Crippen LogP contribution in [0.3, 0.4) is 0 Å². The molecule has 2 heterocycles. The van der Waals surface area contributed by atoms with Gasteiger partial charge in [-0.3, -0.25) is 9.59 Å². The number of nitrogens with zero attached hydrogens (tertiary/aromatic N) is 2. The van der Waals surface area contributed by atoms with Crippen molar-refractivity contribution in [1.82, 2.24) is 5.01 Å². The van der Waals surface area contributed by atoms with E-state index in [0.29, 0.717) is 35.2 Å². The first kappa shape index (κ1) is 24.8. The van der Waals surface area contributed by atoms with Gasteiger partial charge in [-0.2, -0.15) is 5.10 Å². The lowest BCUT2D eigenvalue weighted by atomic mass is 10.0. The molecule has 2 amide bonds. The van der Waals surface area contributed by atoms with Crippen molar-refractivity contribution in [2.75, 3.05) is 19.0 Å². The third kappa shape index (κ3) is 5.86. The Morgan fingerprint density at radius 2 is 1.91 bits per heavy atom. The Kier molecular flexibility index (Phi) is 8.09. The Morgan fingerprint density at radius 1 is 1.11 bits per heavy atom. The van der Waals surface area contributed by atoms with Crippen LogP contribution >= 0.6 is 23.1 Å². The van der Waals surface area contributed by atoms with Crippen molar-refractivity contribution in [3.8, 4) is 11.5 Å². The number of benzene rings is 2. The molecule has 4 rings (SSSR count). The van der Waals surface area contributed by atoms with Gasteiger partial charge in [0.25, 0.3) is 5.91 Å². The number of carbonyl (C=O) groups excluding carboxylic acids is 2. The number of hydrogen-bond acceptors (Lipinski definition) is 7. The number of thioether (sulfide) groups is 1. The van der Waals surface area contributed by atoms with Gasteiger partial charge >= 0.3 is 5.24 Å². The fourth-order valence-electron chi connectivity index (χ4n) is 3.66. The van der Waals surface area contributed by atoms with E-state index in [4.69, 9.17) is 14.6 Å². The standard InChI is InChI=1S/C26H27N3O4S2/c1-4-22-24(18-10-13-20(33-5-2)21(15-18)32-3)28-29(26(31)35-22)16-17-8-11-19(12-9-17)27-25(30)23-7-6-14-34-23/h6-15,22H,4-5,16H2,1-3H3,(H,27,30). The maximum absolute atomic E-state index is 12.8. The van der Waals surface area contributed by atoms with Gasteiger partial charge in [0, 0.05) is 11.3 Å². The smallest absolute Gasteiger partial charge is 0.302 e. The monoisotopic (exact) mass is 509 g/mol. The summed E-state index contributed by atoms with van der Waals surface area (Å²) in [7, 11) is 1.61. The molecule has 182 valence electrons. The highest BCUT2D eigenvalue weighted by Crippen LogP contribution is 2.34. The highest BCUT2D eigenvalue weighted by atomic mass is 32.2. The number of ether oxygens (including phenoxy) is 2. The Hall–Kier alpha value is -3.30. The zero-order valence-electron chi connectivity index (χ0n) is 19.8. The summed E-state index contributed by atoms with van der Waals surface area (Å²) in [4.78, 5) is 25.8. The lowest BCUT2D eigenvalue weighted by molar-refractivity contribution is 0.103. The number of anilines is 1. The topological polar surface area (TPSA) is 80.2 Å². The Labute approximate surface area is 213 Å². The maximum Gasteiger partial charge on any atom is 0.302 e. The van der Waals surface area contributed by atoms with Crippen molar-refractivity contribution in [2.24, 2.45) is 5.10 Å². The van der Waals surface area contributed by atoms with Crippen LogP contribution in [-0.4, -0.2) is 40.8 Å². The maximum atomic E-state index is 12.8. The zero-order valence-corrected chi connectivity index (χ0v) is 21.4. The van der Waals surface area contributed by atoms with E-state index < -0.39 is 0 Å². The first-order chi connectivity index (χ1) is 17.0. The van der Waals surface area contributed by atoms with E-state index >= 15 is 0 Å². The van der Waals surface area contributed by atoms with Crippen LogP contribution in [0, 0.1) is 0 Å². The minimum absolute atomic E-state index is 0.0451. The highest BCUT2D eigenvalue weighted by molar-refractivity contribution is 8.14. The molecule has 3 aromatic rings. The molecule has 1 N–H and O–H groups in total. The van der Waals surface area contributed by atoms with Crippen LogP contribution in [0.4, 0.5) is 10.5 Å². The van der Waals surface area contributed by atoms with Crippen LogP contribution < -0.4 is 14.8 Å². The van der Waals surface area contributed by atoms with E-state index in [1.54, 1.807) is 13.2 Å². The third-order valence-corrected chi connectivity index (χ3v) is 7.53. The molecule has 35 heavy (non-hydrogen) atoms. The number of methoxy groups -OCH3 is 1. The number of hydrazone groups is 1. The number of hydrogen-bond donors (Lipinski definition) is 1. The van der Waals surface area contributed by atoms with E-state index in [0.717, 1.165) is 23.3 Å². The summed E-state index contributed by atoms with van der Waals surface area (Å²) in [5, 5.41) is 10.9. The van der Waals surface area contributed by atoms with Gasteiger partial charge in [-0.15, -0.1) is 11.3 Å². The van der Waals surface area contributed by atoms with Crippen LogP contribution in [0.1, 0.15) is 41.1 Å². The normalized spacial score (nSPS) is 15.5. The van der Waals surface area contributed by atoms with E-state index in [9.17, 15) is 9.59 Å². The van der Waals surface area contributed by atoms with Crippen LogP contribution in [0.2, 0.25) is 0 Å². The largest absolute Gasteiger partial charge is 0.493 e. The molecule has 0 fully saturated rings. The fourth-order valence-corrected chi connectivity index (χ4v) is 5.21. The van der Waals surface area contributed by atoms with Gasteiger partial charge in [-0.05, 0) is 60.7 Å². The second-order valence-electron chi connectivity index (χ2n) is 7.75. The molecule has 0 saturated carbocycles. The van der Waals surface area contributed by atoms with Crippen molar-refractivity contribution in [3.63, 3.8) is 0 Å². The van der Waals surface area contributed by atoms with Gasteiger partial charge in [-0.25, -0.2) is 5.01 Å².